The Bertz CT molecular complexity index is 746. The van der Waals surface area contributed by atoms with Gasteiger partial charge in [-0.1, -0.05) is 0 Å². The molecule has 0 bridgehead atoms. The van der Waals surface area contributed by atoms with Gasteiger partial charge in [-0.2, -0.15) is 0 Å². The zero-order chi connectivity index (χ0) is 23.7. The third kappa shape index (κ3) is 6.94. The van der Waals surface area contributed by atoms with Gasteiger partial charge in [-0.25, -0.2) is 0 Å². The molecular formula is C26H38O6. The van der Waals surface area contributed by atoms with Crippen LogP contribution in [0.4, 0.5) is 0 Å². The van der Waals surface area contributed by atoms with Crippen molar-refractivity contribution in [3.63, 3.8) is 0 Å². The average Bonchev–Trinajstić information content (AvgIpc) is 2.76. The van der Waals surface area contributed by atoms with E-state index in [2.05, 4.69) is 52.0 Å². The number of aryl methyl sites for hydroxylation is 4. The molecule has 6 heteroatoms. The Morgan fingerprint density at radius 3 is 1.09 bits per heavy atom. The molecule has 0 radical (unpaired) electrons. The lowest BCUT2D eigenvalue weighted by Crippen LogP contribution is -2.25. The van der Waals surface area contributed by atoms with E-state index in [1.54, 1.807) is 28.4 Å². The molecular weight excluding hydrogens is 408 g/mol. The van der Waals surface area contributed by atoms with Crippen LogP contribution in [0.15, 0.2) is 24.3 Å². The molecule has 2 rings (SSSR count). The van der Waals surface area contributed by atoms with Gasteiger partial charge in [0.25, 0.3) is 0 Å². The van der Waals surface area contributed by atoms with Crippen LogP contribution in [0.5, 0.6) is 11.5 Å². The highest BCUT2D eigenvalue weighted by molar-refractivity contribution is 5.70. The largest absolute Gasteiger partial charge is 0.490 e. The summed E-state index contributed by atoms with van der Waals surface area (Å²) in [6.07, 6.45) is -0.198. The van der Waals surface area contributed by atoms with Crippen LogP contribution in [0, 0.1) is 27.7 Å². The van der Waals surface area contributed by atoms with E-state index < -0.39 is 0 Å². The molecule has 0 aliphatic rings. The molecule has 0 amide bonds. The molecule has 0 N–H and O–H groups in total. The second kappa shape index (κ2) is 12.8. The topological polar surface area (TPSA) is 55.4 Å². The van der Waals surface area contributed by atoms with Crippen molar-refractivity contribution in [3.05, 3.63) is 46.5 Å². The van der Waals surface area contributed by atoms with E-state index in [4.69, 9.17) is 28.4 Å². The molecule has 0 aliphatic heterocycles. The summed E-state index contributed by atoms with van der Waals surface area (Å²) >= 11 is 0. The van der Waals surface area contributed by atoms with Crippen LogP contribution in [0.25, 0.3) is 11.1 Å². The van der Waals surface area contributed by atoms with Gasteiger partial charge in [0.15, 0.2) is 0 Å². The highest BCUT2D eigenvalue weighted by Crippen LogP contribution is 2.34. The number of methoxy groups -OCH3 is 4. The second-order valence-electron chi connectivity index (χ2n) is 8.13. The molecule has 0 saturated carbocycles. The lowest BCUT2D eigenvalue weighted by molar-refractivity contribution is 0.000612. The predicted octanol–water partition coefficient (Wildman–Crippen LogP) is 4.67. The molecule has 0 aromatic heterocycles. The van der Waals surface area contributed by atoms with E-state index in [1.165, 1.54) is 0 Å². The number of hydrogen-bond donors (Lipinski definition) is 0. The molecule has 0 heterocycles. The minimum atomic E-state index is -0.0992. The van der Waals surface area contributed by atoms with E-state index in [0.29, 0.717) is 26.4 Å². The van der Waals surface area contributed by atoms with Crippen molar-refractivity contribution in [1.82, 2.24) is 0 Å². The van der Waals surface area contributed by atoms with E-state index >= 15 is 0 Å². The minimum absolute atomic E-state index is 0.0992. The fourth-order valence-electron chi connectivity index (χ4n) is 3.78. The number of ether oxygens (including phenoxy) is 6. The summed E-state index contributed by atoms with van der Waals surface area (Å²) < 4.78 is 33.3. The zero-order valence-electron chi connectivity index (χ0n) is 20.7. The van der Waals surface area contributed by atoms with Crippen LogP contribution in [0.1, 0.15) is 22.3 Å². The quantitative estimate of drug-likeness (QED) is 0.446. The van der Waals surface area contributed by atoms with Crippen molar-refractivity contribution in [2.24, 2.45) is 0 Å². The SMILES string of the molecule is COCC(COc1c(C)cc(-c2cc(C)c(OCC(COC)OC)c(C)c2)cc1C)OC. The van der Waals surface area contributed by atoms with Crippen molar-refractivity contribution in [3.8, 4) is 22.6 Å². The van der Waals surface area contributed by atoms with E-state index in [1.807, 2.05) is 0 Å². The van der Waals surface area contributed by atoms with Crippen molar-refractivity contribution >= 4 is 0 Å². The molecule has 0 spiro atoms. The molecule has 2 aromatic carbocycles. The van der Waals surface area contributed by atoms with Gasteiger partial charge in [0.05, 0.1) is 13.2 Å². The normalized spacial score (nSPS) is 13.1. The Balaban J connectivity index is 2.21. The van der Waals surface area contributed by atoms with Gasteiger partial charge in [-0.05, 0) is 85.3 Å². The van der Waals surface area contributed by atoms with Gasteiger partial charge < -0.3 is 28.4 Å². The fourth-order valence-corrected chi connectivity index (χ4v) is 3.78. The number of rotatable bonds is 13. The van der Waals surface area contributed by atoms with Crippen molar-refractivity contribution in [2.45, 2.75) is 39.9 Å². The first-order valence-corrected chi connectivity index (χ1v) is 10.9. The molecule has 2 atom stereocenters. The van der Waals surface area contributed by atoms with Gasteiger partial charge >= 0.3 is 0 Å². The average molecular weight is 447 g/mol. The summed E-state index contributed by atoms with van der Waals surface area (Å²) in [5, 5.41) is 0. The van der Waals surface area contributed by atoms with Crippen molar-refractivity contribution < 1.29 is 28.4 Å². The Kier molecular flexibility index (Phi) is 10.5. The first kappa shape index (κ1) is 26.1. The first-order chi connectivity index (χ1) is 15.3. The lowest BCUT2D eigenvalue weighted by Gasteiger charge is -2.20. The molecule has 6 nitrogen and oxygen atoms in total. The highest BCUT2D eigenvalue weighted by Gasteiger charge is 2.15. The molecule has 2 unspecified atom stereocenters. The van der Waals surface area contributed by atoms with E-state index in [9.17, 15) is 0 Å². The maximum Gasteiger partial charge on any atom is 0.125 e. The van der Waals surface area contributed by atoms with Gasteiger partial charge in [0, 0.05) is 28.4 Å². The zero-order valence-corrected chi connectivity index (χ0v) is 20.7. The van der Waals surface area contributed by atoms with Crippen molar-refractivity contribution in [2.75, 3.05) is 54.9 Å². The van der Waals surface area contributed by atoms with Crippen molar-refractivity contribution in [1.29, 1.82) is 0 Å². The number of hydrogen-bond acceptors (Lipinski definition) is 6. The standard InChI is InChI=1S/C26H38O6/c1-17-9-21(10-18(2)25(17)31-15-23(29-7)13-27-5)22-11-19(3)26(20(4)12-22)32-16-24(30-8)14-28-6/h9-12,23-24H,13-16H2,1-8H3. The molecule has 32 heavy (non-hydrogen) atoms. The summed E-state index contributed by atoms with van der Waals surface area (Å²) in [7, 11) is 6.65. The fraction of sp³-hybridized carbons (Fsp3) is 0.538. The second-order valence-corrected chi connectivity index (χ2v) is 8.13. The Hall–Kier alpha value is -2.12. The summed E-state index contributed by atoms with van der Waals surface area (Å²) in [6.45, 7) is 10.2. The van der Waals surface area contributed by atoms with Crippen LogP contribution in [0.3, 0.4) is 0 Å². The maximum atomic E-state index is 6.07. The molecule has 178 valence electrons. The van der Waals surface area contributed by atoms with Crippen LogP contribution >= 0.6 is 0 Å². The maximum absolute atomic E-state index is 6.07. The Labute approximate surface area is 192 Å². The lowest BCUT2D eigenvalue weighted by atomic mass is 9.96. The summed E-state index contributed by atoms with van der Waals surface area (Å²) in [6, 6.07) is 8.65. The minimum Gasteiger partial charge on any atom is -0.490 e. The molecule has 0 saturated heterocycles. The first-order valence-electron chi connectivity index (χ1n) is 10.9. The van der Waals surface area contributed by atoms with Crippen LogP contribution < -0.4 is 9.47 Å². The van der Waals surface area contributed by atoms with Gasteiger partial charge in [0.2, 0.25) is 0 Å². The third-order valence-electron chi connectivity index (χ3n) is 5.45. The molecule has 0 aliphatic carbocycles. The predicted molar refractivity (Wildman–Crippen MR) is 127 cm³/mol. The monoisotopic (exact) mass is 446 g/mol. The highest BCUT2D eigenvalue weighted by atomic mass is 16.6. The third-order valence-corrected chi connectivity index (χ3v) is 5.45. The van der Waals surface area contributed by atoms with E-state index in [-0.39, 0.29) is 12.2 Å². The Morgan fingerprint density at radius 2 is 0.844 bits per heavy atom. The van der Waals surface area contributed by atoms with Crippen LogP contribution in [-0.2, 0) is 18.9 Å². The summed E-state index contributed by atoms with van der Waals surface area (Å²) in [5.41, 5.74) is 6.66. The van der Waals surface area contributed by atoms with E-state index in [0.717, 1.165) is 44.9 Å². The summed E-state index contributed by atoms with van der Waals surface area (Å²) in [4.78, 5) is 0. The van der Waals surface area contributed by atoms with Crippen LogP contribution in [-0.4, -0.2) is 67.1 Å². The smallest absolute Gasteiger partial charge is 0.125 e. The number of benzene rings is 2. The van der Waals surface area contributed by atoms with Crippen LogP contribution in [0.2, 0.25) is 0 Å². The van der Waals surface area contributed by atoms with Gasteiger partial charge in [-0.15, -0.1) is 0 Å². The van der Waals surface area contributed by atoms with Gasteiger partial charge in [0.1, 0.15) is 36.9 Å². The van der Waals surface area contributed by atoms with Gasteiger partial charge in [-0.3, -0.25) is 0 Å². The summed E-state index contributed by atoms with van der Waals surface area (Å²) in [5.74, 6) is 1.79. The molecule has 0 fully saturated rings. The molecule has 2 aromatic rings. The Morgan fingerprint density at radius 1 is 0.531 bits per heavy atom.